The van der Waals surface area contributed by atoms with Crippen LogP contribution < -0.4 is 5.32 Å². The average molecular weight is 279 g/mol. The van der Waals surface area contributed by atoms with Gasteiger partial charge in [-0.25, -0.2) is 0 Å². The Bertz CT molecular complexity index is 334. The molecule has 0 aromatic rings. The summed E-state index contributed by atoms with van der Waals surface area (Å²) in [5.74, 6) is 0. The van der Waals surface area contributed by atoms with Gasteiger partial charge in [0.05, 0.1) is 11.7 Å². The van der Waals surface area contributed by atoms with Crippen molar-refractivity contribution in [1.29, 1.82) is 0 Å². The van der Waals surface area contributed by atoms with E-state index < -0.39 is 0 Å². The van der Waals surface area contributed by atoms with Crippen LogP contribution in [0.1, 0.15) is 85.0 Å². The van der Waals surface area contributed by atoms with Crippen LogP contribution in [-0.2, 0) is 4.74 Å². The first-order valence-corrected chi connectivity index (χ1v) is 8.83. The zero-order valence-corrected chi connectivity index (χ0v) is 13.8. The minimum atomic E-state index is 0.242. The quantitative estimate of drug-likeness (QED) is 0.822. The molecule has 0 aromatic carbocycles. The molecule has 116 valence electrons. The smallest absolute Gasteiger partial charge is 0.0687 e. The summed E-state index contributed by atoms with van der Waals surface area (Å²) in [7, 11) is 0. The zero-order chi connectivity index (χ0) is 14.3. The van der Waals surface area contributed by atoms with Gasteiger partial charge in [0.2, 0.25) is 0 Å². The van der Waals surface area contributed by atoms with Crippen LogP contribution in [-0.4, -0.2) is 23.8 Å². The van der Waals surface area contributed by atoms with Crippen molar-refractivity contribution in [2.75, 3.05) is 6.54 Å². The van der Waals surface area contributed by atoms with Gasteiger partial charge in [-0.05, 0) is 71.1 Å². The molecule has 0 bridgehead atoms. The van der Waals surface area contributed by atoms with Crippen molar-refractivity contribution in [2.24, 2.45) is 5.41 Å². The minimum Gasteiger partial charge on any atom is -0.372 e. The van der Waals surface area contributed by atoms with E-state index in [9.17, 15) is 0 Å². The molecule has 2 nitrogen and oxygen atoms in total. The van der Waals surface area contributed by atoms with Crippen LogP contribution >= 0.6 is 0 Å². The van der Waals surface area contributed by atoms with Gasteiger partial charge in [0, 0.05) is 12.1 Å². The molecule has 2 aliphatic carbocycles. The highest BCUT2D eigenvalue weighted by Gasteiger charge is 2.46. The summed E-state index contributed by atoms with van der Waals surface area (Å²) in [5.41, 5.74) is 1.10. The molecule has 1 unspecified atom stereocenters. The number of hydrogen-bond acceptors (Lipinski definition) is 2. The highest BCUT2D eigenvalue weighted by molar-refractivity contribution is 4.98. The summed E-state index contributed by atoms with van der Waals surface area (Å²) in [4.78, 5) is 0. The lowest BCUT2D eigenvalue weighted by atomic mass is 9.65. The molecule has 3 aliphatic rings. The lowest BCUT2D eigenvalue weighted by Gasteiger charge is -2.45. The molecule has 3 fully saturated rings. The summed E-state index contributed by atoms with van der Waals surface area (Å²) >= 11 is 0. The molecule has 1 saturated heterocycles. The molecule has 0 aromatic heterocycles. The second kappa shape index (κ2) is 5.28. The maximum Gasteiger partial charge on any atom is 0.0687 e. The average Bonchev–Trinajstić information content (AvgIpc) is 2.92. The Morgan fingerprint density at radius 3 is 2.25 bits per heavy atom. The summed E-state index contributed by atoms with van der Waals surface area (Å²) in [6.07, 6.45) is 14.2. The van der Waals surface area contributed by atoms with E-state index in [1.54, 1.807) is 0 Å². The number of nitrogens with one attached hydrogen (secondary N) is 1. The van der Waals surface area contributed by atoms with Gasteiger partial charge in [-0.2, -0.15) is 0 Å². The first-order chi connectivity index (χ1) is 9.41. The van der Waals surface area contributed by atoms with Crippen LogP contribution in [0.3, 0.4) is 0 Å². The van der Waals surface area contributed by atoms with Gasteiger partial charge < -0.3 is 10.1 Å². The summed E-state index contributed by atoms with van der Waals surface area (Å²) in [6, 6.07) is 0. The predicted molar refractivity (Wildman–Crippen MR) is 84.0 cm³/mol. The van der Waals surface area contributed by atoms with E-state index in [2.05, 4.69) is 26.1 Å². The van der Waals surface area contributed by atoms with Crippen LogP contribution in [0.25, 0.3) is 0 Å². The zero-order valence-electron chi connectivity index (χ0n) is 13.8. The monoisotopic (exact) mass is 279 g/mol. The normalized spacial score (nSPS) is 31.6. The highest BCUT2D eigenvalue weighted by atomic mass is 16.5. The molecule has 0 amide bonds. The van der Waals surface area contributed by atoms with Crippen molar-refractivity contribution < 1.29 is 4.74 Å². The van der Waals surface area contributed by atoms with Gasteiger partial charge in [-0.1, -0.05) is 19.3 Å². The fourth-order valence-corrected chi connectivity index (χ4v) is 4.49. The molecule has 1 heterocycles. The molecular formula is C18H33NO. The second-order valence-electron chi connectivity index (χ2n) is 8.83. The third-order valence-electron chi connectivity index (χ3n) is 5.92. The van der Waals surface area contributed by atoms with Gasteiger partial charge in [-0.15, -0.1) is 0 Å². The Hall–Kier alpha value is -0.0800. The first-order valence-electron chi connectivity index (χ1n) is 8.83. The second-order valence-corrected chi connectivity index (χ2v) is 8.83. The van der Waals surface area contributed by atoms with Crippen molar-refractivity contribution in [3.05, 3.63) is 0 Å². The van der Waals surface area contributed by atoms with Crippen molar-refractivity contribution in [1.82, 2.24) is 5.32 Å². The van der Waals surface area contributed by atoms with Crippen LogP contribution in [0.15, 0.2) is 0 Å². The van der Waals surface area contributed by atoms with Crippen molar-refractivity contribution in [3.8, 4) is 0 Å². The van der Waals surface area contributed by atoms with Crippen molar-refractivity contribution in [3.63, 3.8) is 0 Å². The van der Waals surface area contributed by atoms with Crippen molar-refractivity contribution in [2.45, 2.75) is 102 Å². The molecule has 0 radical (unpaired) electrons. The third-order valence-corrected chi connectivity index (χ3v) is 5.92. The minimum absolute atomic E-state index is 0.242. The number of hydrogen-bond donors (Lipinski definition) is 1. The maximum absolute atomic E-state index is 6.55. The van der Waals surface area contributed by atoms with Gasteiger partial charge in [-0.3, -0.25) is 0 Å². The predicted octanol–water partition coefficient (Wildman–Crippen LogP) is 4.43. The summed E-state index contributed by atoms with van der Waals surface area (Å²) in [6.45, 7) is 8.01. The topological polar surface area (TPSA) is 21.3 Å². The third kappa shape index (κ3) is 3.22. The van der Waals surface area contributed by atoms with E-state index in [4.69, 9.17) is 4.74 Å². The molecule has 1 spiro atoms. The molecule has 1 aliphatic heterocycles. The number of rotatable bonds is 4. The van der Waals surface area contributed by atoms with Crippen molar-refractivity contribution >= 4 is 0 Å². The van der Waals surface area contributed by atoms with Crippen LogP contribution in [0.2, 0.25) is 0 Å². The van der Waals surface area contributed by atoms with Gasteiger partial charge in [0.1, 0.15) is 0 Å². The molecule has 1 N–H and O–H groups in total. The Balaban J connectivity index is 1.53. The van der Waals surface area contributed by atoms with Crippen LogP contribution in [0.4, 0.5) is 0 Å². The van der Waals surface area contributed by atoms with E-state index in [1.807, 2.05) is 0 Å². The van der Waals surface area contributed by atoms with Gasteiger partial charge in [0.25, 0.3) is 0 Å². The lowest BCUT2D eigenvalue weighted by Crippen LogP contribution is -2.48. The molecule has 2 heteroatoms. The van der Waals surface area contributed by atoms with E-state index >= 15 is 0 Å². The van der Waals surface area contributed by atoms with E-state index in [1.165, 1.54) is 70.8 Å². The molecule has 1 atom stereocenters. The van der Waals surface area contributed by atoms with E-state index in [0.29, 0.717) is 17.1 Å². The SMILES string of the molecule is CC(C)(C)NCC1(CC2CCC3(CCCC3)O2)CCC1. The Morgan fingerprint density at radius 1 is 1.00 bits per heavy atom. The largest absolute Gasteiger partial charge is 0.372 e. The first kappa shape index (κ1) is 14.8. The molecule has 2 saturated carbocycles. The Kier molecular flexibility index (Phi) is 3.92. The summed E-state index contributed by atoms with van der Waals surface area (Å²) in [5, 5.41) is 3.74. The van der Waals surface area contributed by atoms with E-state index in [0.717, 1.165) is 0 Å². The highest BCUT2D eigenvalue weighted by Crippen LogP contribution is 2.50. The molecule has 20 heavy (non-hydrogen) atoms. The molecular weight excluding hydrogens is 246 g/mol. The van der Waals surface area contributed by atoms with Gasteiger partial charge >= 0.3 is 0 Å². The standard InChI is InChI=1S/C18H33NO/c1-16(2,3)19-14-17(8-6-9-17)13-15-7-12-18(20-15)10-4-5-11-18/h15,19H,4-14H2,1-3H3. The fourth-order valence-electron chi connectivity index (χ4n) is 4.49. The summed E-state index contributed by atoms with van der Waals surface area (Å²) < 4.78 is 6.55. The fraction of sp³-hybridized carbons (Fsp3) is 1.00. The van der Waals surface area contributed by atoms with Crippen LogP contribution in [0.5, 0.6) is 0 Å². The Morgan fingerprint density at radius 2 is 1.70 bits per heavy atom. The van der Waals surface area contributed by atoms with Gasteiger partial charge in [0.15, 0.2) is 0 Å². The number of ether oxygens (including phenoxy) is 1. The van der Waals surface area contributed by atoms with Crippen LogP contribution in [0, 0.1) is 5.41 Å². The Labute approximate surface area is 125 Å². The lowest BCUT2D eigenvalue weighted by molar-refractivity contribution is -0.0648. The maximum atomic E-state index is 6.55. The van der Waals surface area contributed by atoms with E-state index in [-0.39, 0.29) is 5.54 Å². The molecule has 3 rings (SSSR count).